The van der Waals surface area contributed by atoms with Crippen LogP contribution in [0.1, 0.15) is 74.5 Å². The molecule has 2 heterocycles. The number of aliphatic hydroxyl groups is 2. The number of aliphatic hydroxyl groups excluding tert-OH is 2. The third-order valence-electron chi connectivity index (χ3n) is 11.9. The zero-order chi connectivity index (χ0) is 41.4. The first-order valence-corrected chi connectivity index (χ1v) is 20.6. The van der Waals surface area contributed by atoms with E-state index in [1.807, 2.05) is 36.4 Å². The highest BCUT2D eigenvalue weighted by molar-refractivity contribution is 6.03. The fourth-order valence-electron chi connectivity index (χ4n) is 9.37. The standard InChI is InChI=1S/C46H55FN2O10/c1-4-22-58-46-42(49(45(52)54-5-2)27-30-16-18-40-41(23-30)57-29-56-40)26-38(48-53-3)35-24-31(12-8-10-20-50)34(14-9-11-21-51)43(44(35)46)36-25-33(17-19-39(36)59-46)55-28-32-13-6-7-15-37(32)47/h4,6-7,13,15-19,23-25,31,34,42-44,50-51H,1,5,8-12,14,20-22,26-29H2,2-3H3. The minimum Gasteiger partial charge on any atom is -0.489 e. The Hall–Kier alpha value is -5.11. The van der Waals surface area contributed by atoms with Crippen molar-refractivity contribution in [2.45, 2.75) is 82.8 Å². The van der Waals surface area contributed by atoms with Crippen LogP contribution >= 0.6 is 0 Å². The van der Waals surface area contributed by atoms with Crippen molar-refractivity contribution in [2.24, 2.45) is 22.9 Å². The van der Waals surface area contributed by atoms with E-state index in [1.165, 1.54) is 13.2 Å². The summed E-state index contributed by atoms with van der Waals surface area (Å²) < 4.78 is 52.3. The van der Waals surface area contributed by atoms with Gasteiger partial charge in [-0.3, -0.25) is 4.90 Å². The lowest BCUT2D eigenvalue weighted by Gasteiger charge is -2.59. The average Bonchev–Trinajstić information content (AvgIpc) is 3.72. The SMILES string of the molecule is C=CCOC12Oc3ccc(OCc4ccccc4F)cc3C3C(CCCCO)C(CCCCO)C=C(C(=NOC)CC1N(Cc1ccc4c(c1)OCO4)C(=O)OCC)C32. The second-order valence-electron chi connectivity index (χ2n) is 15.3. The Morgan fingerprint density at radius 2 is 1.80 bits per heavy atom. The molecule has 0 spiro atoms. The maximum absolute atomic E-state index is 14.7. The molecule has 0 aromatic heterocycles. The van der Waals surface area contributed by atoms with Crippen LogP contribution in [0, 0.1) is 23.6 Å². The van der Waals surface area contributed by atoms with Crippen molar-refractivity contribution in [2.75, 3.05) is 40.3 Å². The molecule has 12 nitrogen and oxygen atoms in total. The van der Waals surface area contributed by atoms with Crippen LogP contribution in [0.15, 0.2) is 90.1 Å². The number of oxime groups is 1. The highest BCUT2D eigenvalue weighted by atomic mass is 19.1. The fraction of sp³-hybridized carbons (Fsp3) is 0.478. The number of allylic oxidation sites excluding steroid dienone is 1. The van der Waals surface area contributed by atoms with Gasteiger partial charge in [-0.25, -0.2) is 9.18 Å². The number of carbonyl (C=O) groups is 1. The third kappa shape index (κ3) is 8.78. The molecule has 6 atom stereocenters. The highest BCUT2D eigenvalue weighted by Crippen LogP contribution is 2.62. The van der Waals surface area contributed by atoms with E-state index in [4.69, 9.17) is 33.3 Å². The zero-order valence-electron chi connectivity index (χ0n) is 33.9. The fourth-order valence-corrected chi connectivity index (χ4v) is 9.37. The maximum Gasteiger partial charge on any atom is 0.410 e. The third-order valence-corrected chi connectivity index (χ3v) is 11.9. The van der Waals surface area contributed by atoms with Gasteiger partial charge in [-0.05, 0) is 92.0 Å². The number of nitrogens with zero attached hydrogens (tertiary/aromatic N) is 2. The van der Waals surface area contributed by atoms with Gasteiger partial charge in [-0.2, -0.15) is 0 Å². The van der Waals surface area contributed by atoms with Crippen LogP contribution in [0.4, 0.5) is 9.18 Å². The van der Waals surface area contributed by atoms with Gasteiger partial charge in [-0.15, -0.1) is 6.58 Å². The molecule has 0 bridgehead atoms. The minimum atomic E-state index is -1.48. The monoisotopic (exact) mass is 814 g/mol. The van der Waals surface area contributed by atoms with E-state index in [1.54, 1.807) is 36.1 Å². The first-order valence-electron chi connectivity index (χ1n) is 20.6. The predicted molar refractivity (Wildman–Crippen MR) is 218 cm³/mol. The number of unbranched alkanes of at least 4 members (excludes halogenated alkanes) is 2. The Bertz CT molecular complexity index is 2010. The molecule has 59 heavy (non-hydrogen) atoms. The van der Waals surface area contributed by atoms with E-state index in [-0.39, 0.29) is 76.4 Å². The van der Waals surface area contributed by atoms with Crippen LogP contribution in [-0.2, 0) is 27.5 Å². The average molecular weight is 815 g/mol. The molecule has 6 unspecified atom stereocenters. The molecule has 316 valence electrons. The van der Waals surface area contributed by atoms with Gasteiger partial charge >= 0.3 is 6.09 Å². The Morgan fingerprint density at radius 1 is 1.02 bits per heavy atom. The van der Waals surface area contributed by atoms with E-state index in [2.05, 4.69) is 17.8 Å². The van der Waals surface area contributed by atoms with Crippen LogP contribution in [0.3, 0.4) is 0 Å². The maximum atomic E-state index is 14.7. The number of hydrogen-bond donors (Lipinski definition) is 2. The molecule has 13 heteroatoms. The number of carbonyl (C=O) groups excluding carboxylic acids is 1. The van der Waals surface area contributed by atoms with Gasteiger partial charge < -0.3 is 43.5 Å². The van der Waals surface area contributed by atoms with E-state index < -0.39 is 23.8 Å². The minimum absolute atomic E-state index is 0.0117. The molecule has 1 amide bonds. The molecule has 0 saturated heterocycles. The van der Waals surface area contributed by atoms with Gasteiger partial charge in [0, 0.05) is 43.2 Å². The Labute approximate surface area is 345 Å². The van der Waals surface area contributed by atoms with Crippen molar-refractivity contribution in [1.82, 2.24) is 4.90 Å². The summed E-state index contributed by atoms with van der Waals surface area (Å²) in [6.45, 7) is 6.44. The molecule has 1 saturated carbocycles. The van der Waals surface area contributed by atoms with Crippen molar-refractivity contribution >= 4 is 11.8 Å². The van der Waals surface area contributed by atoms with Crippen LogP contribution in [0.2, 0.25) is 0 Å². The number of fused-ring (bicyclic) bond motifs is 3. The van der Waals surface area contributed by atoms with Gasteiger partial charge in [-0.1, -0.05) is 54.4 Å². The predicted octanol–water partition coefficient (Wildman–Crippen LogP) is 8.06. The van der Waals surface area contributed by atoms with Crippen LogP contribution < -0.4 is 18.9 Å². The first-order chi connectivity index (χ1) is 28.8. The van der Waals surface area contributed by atoms with Crippen molar-refractivity contribution in [3.63, 3.8) is 0 Å². The van der Waals surface area contributed by atoms with E-state index in [9.17, 15) is 19.4 Å². The molecular formula is C46H55FN2O10. The Kier molecular flexibility index (Phi) is 13.8. The number of amides is 1. The summed E-state index contributed by atoms with van der Waals surface area (Å²) in [4.78, 5) is 21.6. The molecule has 7 rings (SSSR count). The number of benzene rings is 3. The normalized spacial score (nSPS) is 24.3. The van der Waals surface area contributed by atoms with Crippen molar-refractivity contribution in [1.29, 1.82) is 0 Å². The molecule has 2 N–H and O–H groups in total. The summed E-state index contributed by atoms with van der Waals surface area (Å²) in [5, 5.41) is 24.4. The summed E-state index contributed by atoms with van der Waals surface area (Å²) in [6, 6.07) is 17.0. The number of halogens is 1. The van der Waals surface area contributed by atoms with E-state index >= 15 is 0 Å². The molecule has 2 aliphatic carbocycles. The highest BCUT2D eigenvalue weighted by Gasteiger charge is 2.65. The molecule has 0 radical (unpaired) electrons. The summed E-state index contributed by atoms with van der Waals surface area (Å²) in [5.74, 6) is -0.224. The van der Waals surface area contributed by atoms with Gasteiger partial charge in [0.1, 0.15) is 37.1 Å². The summed E-state index contributed by atoms with van der Waals surface area (Å²) >= 11 is 0. The van der Waals surface area contributed by atoms with Gasteiger partial charge in [0.15, 0.2) is 11.5 Å². The topological polar surface area (TPSA) is 138 Å². The number of ether oxygens (including phenoxy) is 6. The smallest absolute Gasteiger partial charge is 0.410 e. The second kappa shape index (κ2) is 19.3. The van der Waals surface area contributed by atoms with Gasteiger partial charge in [0.05, 0.1) is 24.8 Å². The van der Waals surface area contributed by atoms with Crippen molar-refractivity contribution < 1.29 is 52.7 Å². The molecule has 3 aromatic carbocycles. The number of hydrogen-bond acceptors (Lipinski definition) is 11. The summed E-state index contributed by atoms with van der Waals surface area (Å²) in [6.07, 6.45) is 8.05. The quantitative estimate of drug-likeness (QED) is 0.0695. The van der Waals surface area contributed by atoms with Gasteiger partial charge in [0.25, 0.3) is 0 Å². The molecular weight excluding hydrogens is 760 g/mol. The van der Waals surface area contributed by atoms with Crippen LogP contribution in [0.25, 0.3) is 0 Å². The Morgan fingerprint density at radius 3 is 2.56 bits per heavy atom. The lowest BCUT2D eigenvalue weighted by molar-refractivity contribution is -0.256. The second-order valence-corrected chi connectivity index (χ2v) is 15.3. The van der Waals surface area contributed by atoms with Crippen molar-refractivity contribution in [3.05, 3.63) is 107 Å². The first kappa shape index (κ1) is 42.0. The van der Waals surface area contributed by atoms with Crippen LogP contribution in [-0.4, -0.2) is 79.1 Å². The molecule has 3 aromatic rings. The zero-order valence-corrected chi connectivity index (χ0v) is 33.9. The molecule has 4 aliphatic rings. The van der Waals surface area contributed by atoms with Crippen molar-refractivity contribution in [3.8, 4) is 23.0 Å². The molecule has 1 fully saturated rings. The summed E-state index contributed by atoms with van der Waals surface area (Å²) in [7, 11) is 1.51. The summed E-state index contributed by atoms with van der Waals surface area (Å²) in [5.41, 5.74) is 3.67. The van der Waals surface area contributed by atoms with E-state index in [0.29, 0.717) is 47.1 Å². The van der Waals surface area contributed by atoms with Gasteiger partial charge in [0.2, 0.25) is 12.6 Å². The molecule has 2 aliphatic heterocycles. The Balaban J connectivity index is 1.41. The number of rotatable bonds is 19. The van der Waals surface area contributed by atoms with Crippen LogP contribution in [0.5, 0.6) is 23.0 Å². The van der Waals surface area contributed by atoms with E-state index in [0.717, 1.165) is 42.4 Å². The largest absolute Gasteiger partial charge is 0.489 e. The lowest BCUT2D eigenvalue weighted by Crippen LogP contribution is -2.70. The lowest BCUT2D eigenvalue weighted by atomic mass is 9.55.